The maximum absolute atomic E-state index is 13.2. The normalized spacial score (nSPS) is 16.3. The molecule has 1 aliphatic rings. The van der Waals surface area contributed by atoms with Crippen LogP contribution >= 0.6 is 0 Å². The number of benzene rings is 2. The summed E-state index contributed by atoms with van der Waals surface area (Å²) >= 11 is 0. The van der Waals surface area contributed by atoms with Crippen molar-refractivity contribution < 1.29 is 31.1 Å². The highest BCUT2D eigenvalue weighted by Crippen LogP contribution is 2.39. The number of likely N-dealkylation sites (tertiary alicyclic amines) is 1. The SMILES string of the molecule is O=C(c1cccc(C(F)(F)F)c1)N1CCC(c2ccccc2C(F)(F)F)CC1. The Hall–Kier alpha value is -2.51. The zero-order valence-electron chi connectivity index (χ0n) is 14.6. The quantitative estimate of drug-likeness (QED) is 0.588. The summed E-state index contributed by atoms with van der Waals surface area (Å²) in [5.74, 6) is -0.906. The van der Waals surface area contributed by atoms with E-state index in [0.29, 0.717) is 12.8 Å². The molecule has 0 radical (unpaired) electrons. The Labute approximate surface area is 157 Å². The predicted octanol–water partition coefficient (Wildman–Crippen LogP) is 5.74. The van der Waals surface area contributed by atoms with Crippen LogP contribution in [0.5, 0.6) is 0 Å². The second-order valence-corrected chi connectivity index (χ2v) is 6.73. The lowest BCUT2D eigenvalue weighted by atomic mass is 9.86. The molecule has 0 aliphatic carbocycles. The minimum atomic E-state index is -4.55. The molecule has 1 saturated heterocycles. The van der Waals surface area contributed by atoms with Crippen molar-refractivity contribution >= 4 is 5.91 Å². The highest BCUT2D eigenvalue weighted by atomic mass is 19.4. The van der Waals surface area contributed by atoms with E-state index in [0.717, 1.165) is 18.2 Å². The Morgan fingerprint density at radius 1 is 0.857 bits per heavy atom. The van der Waals surface area contributed by atoms with Crippen molar-refractivity contribution in [3.63, 3.8) is 0 Å². The monoisotopic (exact) mass is 401 g/mol. The van der Waals surface area contributed by atoms with Gasteiger partial charge in [-0.1, -0.05) is 24.3 Å². The molecule has 1 fully saturated rings. The van der Waals surface area contributed by atoms with Crippen molar-refractivity contribution in [3.8, 4) is 0 Å². The largest absolute Gasteiger partial charge is 0.416 e. The van der Waals surface area contributed by atoms with E-state index in [1.165, 1.54) is 29.2 Å². The molecule has 1 amide bonds. The molecule has 3 rings (SSSR count). The topological polar surface area (TPSA) is 20.3 Å². The zero-order valence-corrected chi connectivity index (χ0v) is 14.6. The zero-order chi connectivity index (χ0) is 20.5. The number of alkyl halides is 6. The van der Waals surface area contributed by atoms with Gasteiger partial charge >= 0.3 is 12.4 Å². The minimum absolute atomic E-state index is 0.0797. The first-order valence-electron chi connectivity index (χ1n) is 8.70. The minimum Gasteiger partial charge on any atom is -0.339 e. The summed E-state index contributed by atoms with van der Waals surface area (Å²) in [6.45, 7) is 0.373. The van der Waals surface area contributed by atoms with Gasteiger partial charge in [-0.25, -0.2) is 0 Å². The van der Waals surface area contributed by atoms with Gasteiger partial charge in [0.05, 0.1) is 11.1 Å². The first-order valence-corrected chi connectivity index (χ1v) is 8.70. The molecule has 8 heteroatoms. The van der Waals surface area contributed by atoms with Crippen LogP contribution in [0.25, 0.3) is 0 Å². The number of carbonyl (C=O) groups is 1. The fraction of sp³-hybridized carbons (Fsp3) is 0.350. The van der Waals surface area contributed by atoms with Gasteiger partial charge in [0.1, 0.15) is 0 Å². The summed E-state index contributed by atoms with van der Waals surface area (Å²) in [5.41, 5.74) is -1.48. The van der Waals surface area contributed by atoms with Gasteiger partial charge in [-0.3, -0.25) is 4.79 Å². The maximum atomic E-state index is 13.2. The standard InChI is InChI=1S/C20H17F6NO/c21-19(22,23)15-5-3-4-14(12-15)18(28)27-10-8-13(9-11-27)16-6-1-2-7-17(16)20(24,25)26/h1-7,12-13H,8-11H2. The number of amides is 1. The van der Waals surface area contributed by atoms with Gasteiger partial charge in [-0.2, -0.15) is 26.3 Å². The molecule has 150 valence electrons. The van der Waals surface area contributed by atoms with E-state index in [2.05, 4.69) is 0 Å². The fourth-order valence-corrected chi connectivity index (χ4v) is 3.52. The van der Waals surface area contributed by atoms with Gasteiger partial charge in [-0.15, -0.1) is 0 Å². The van der Waals surface area contributed by atoms with Crippen LogP contribution in [-0.2, 0) is 12.4 Å². The van der Waals surface area contributed by atoms with E-state index in [9.17, 15) is 31.1 Å². The van der Waals surface area contributed by atoms with E-state index in [-0.39, 0.29) is 30.1 Å². The molecule has 1 aliphatic heterocycles. The molecule has 0 atom stereocenters. The van der Waals surface area contributed by atoms with Gasteiger partial charge < -0.3 is 4.90 Å². The lowest BCUT2D eigenvalue weighted by molar-refractivity contribution is -0.139. The molecule has 0 unspecified atom stereocenters. The molecule has 0 spiro atoms. The molecule has 28 heavy (non-hydrogen) atoms. The number of hydrogen-bond donors (Lipinski definition) is 0. The van der Waals surface area contributed by atoms with Crippen molar-refractivity contribution in [1.82, 2.24) is 4.90 Å². The number of nitrogens with zero attached hydrogens (tertiary/aromatic N) is 1. The first-order chi connectivity index (χ1) is 13.1. The number of halogens is 6. The Kier molecular flexibility index (Phi) is 5.41. The number of hydrogen-bond acceptors (Lipinski definition) is 1. The van der Waals surface area contributed by atoms with Crippen LogP contribution in [-0.4, -0.2) is 23.9 Å². The van der Waals surface area contributed by atoms with Gasteiger partial charge in [0, 0.05) is 18.7 Å². The second kappa shape index (κ2) is 7.48. The Morgan fingerprint density at radius 3 is 2.11 bits per heavy atom. The lowest BCUT2D eigenvalue weighted by Gasteiger charge is -2.33. The van der Waals surface area contributed by atoms with Crippen molar-refractivity contribution in [1.29, 1.82) is 0 Å². The highest BCUT2D eigenvalue weighted by Gasteiger charge is 2.36. The maximum Gasteiger partial charge on any atom is 0.416 e. The summed E-state index contributed by atoms with van der Waals surface area (Å²) in [6, 6.07) is 9.52. The number of carbonyl (C=O) groups excluding carboxylic acids is 1. The molecule has 0 N–H and O–H groups in total. The third kappa shape index (κ3) is 4.31. The molecule has 0 bridgehead atoms. The summed E-state index contributed by atoms with van der Waals surface area (Å²) in [4.78, 5) is 13.9. The van der Waals surface area contributed by atoms with E-state index >= 15 is 0 Å². The number of rotatable bonds is 2. The summed E-state index contributed by atoms with van der Waals surface area (Å²) in [7, 11) is 0. The Morgan fingerprint density at radius 2 is 1.50 bits per heavy atom. The third-order valence-electron chi connectivity index (χ3n) is 4.93. The Bertz CT molecular complexity index is 850. The van der Waals surface area contributed by atoms with Gasteiger partial charge in [0.15, 0.2) is 0 Å². The van der Waals surface area contributed by atoms with Crippen molar-refractivity contribution in [2.45, 2.75) is 31.1 Å². The van der Waals surface area contributed by atoms with E-state index in [1.807, 2.05) is 0 Å². The molecule has 2 aromatic rings. The third-order valence-corrected chi connectivity index (χ3v) is 4.93. The molecule has 2 nitrogen and oxygen atoms in total. The van der Waals surface area contributed by atoms with Gasteiger partial charge in [0.2, 0.25) is 0 Å². The van der Waals surface area contributed by atoms with E-state index < -0.39 is 29.4 Å². The summed E-state index contributed by atoms with van der Waals surface area (Å²) in [5, 5.41) is 0. The summed E-state index contributed by atoms with van der Waals surface area (Å²) in [6.07, 6.45) is -8.37. The first kappa shape index (κ1) is 20.2. The average Bonchev–Trinajstić information content (AvgIpc) is 2.66. The molecule has 0 saturated carbocycles. The highest BCUT2D eigenvalue weighted by molar-refractivity contribution is 5.94. The fourth-order valence-electron chi connectivity index (χ4n) is 3.52. The van der Waals surface area contributed by atoms with Crippen molar-refractivity contribution in [2.75, 3.05) is 13.1 Å². The van der Waals surface area contributed by atoms with Crippen LogP contribution in [0.15, 0.2) is 48.5 Å². The van der Waals surface area contributed by atoms with Crippen molar-refractivity contribution in [3.05, 3.63) is 70.8 Å². The van der Waals surface area contributed by atoms with E-state index in [1.54, 1.807) is 6.07 Å². The molecule has 2 aromatic carbocycles. The van der Waals surface area contributed by atoms with Crippen LogP contribution in [0.3, 0.4) is 0 Å². The van der Waals surface area contributed by atoms with Crippen LogP contribution in [0, 0.1) is 0 Å². The van der Waals surface area contributed by atoms with Crippen LogP contribution in [0.2, 0.25) is 0 Å². The molecule has 1 heterocycles. The number of piperidine rings is 1. The molecular formula is C20H17F6NO. The smallest absolute Gasteiger partial charge is 0.339 e. The van der Waals surface area contributed by atoms with Crippen molar-refractivity contribution in [2.24, 2.45) is 0 Å². The van der Waals surface area contributed by atoms with E-state index in [4.69, 9.17) is 0 Å². The van der Waals surface area contributed by atoms with Gasteiger partial charge in [-0.05, 0) is 48.6 Å². The van der Waals surface area contributed by atoms with Crippen LogP contribution in [0.4, 0.5) is 26.3 Å². The Balaban J connectivity index is 1.72. The van der Waals surface area contributed by atoms with Crippen LogP contribution < -0.4 is 0 Å². The lowest BCUT2D eigenvalue weighted by Crippen LogP contribution is -2.38. The molecular weight excluding hydrogens is 384 g/mol. The van der Waals surface area contributed by atoms with Gasteiger partial charge in [0.25, 0.3) is 5.91 Å². The average molecular weight is 401 g/mol. The molecule has 0 aromatic heterocycles. The van der Waals surface area contributed by atoms with Crippen LogP contribution in [0.1, 0.15) is 45.8 Å². The second-order valence-electron chi connectivity index (χ2n) is 6.73. The summed E-state index contributed by atoms with van der Waals surface area (Å²) < 4.78 is 78.1. The predicted molar refractivity (Wildman–Crippen MR) is 90.8 cm³/mol.